The van der Waals surface area contributed by atoms with Gasteiger partial charge in [-0.2, -0.15) is 0 Å². The molecule has 0 aliphatic heterocycles. The number of H-pyrrole nitrogens is 1. The van der Waals surface area contributed by atoms with Crippen LogP contribution < -0.4 is 5.32 Å². The van der Waals surface area contributed by atoms with Gasteiger partial charge in [-0.1, -0.05) is 25.1 Å². The third-order valence-corrected chi connectivity index (χ3v) is 5.91. The first-order chi connectivity index (χ1) is 12.0. The minimum absolute atomic E-state index is 0.0405. The topological polar surface area (TPSA) is 62.0 Å². The molecule has 0 radical (unpaired) electrons. The van der Waals surface area contributed by atoms with Gasteiger partial charge in [-0.25, -0.2) is 12.8 Å². The first-order valence-electron chi connectivity index (χ1n) is 8.34. The van der Waals surface area contributed by atoms with Crippen LogP contribution >= 0.6 is 0 Å². The molecule has 4 nitrogen and oxygen atoms in total. The molecule has 0 saturated heterocycles. The van der Waals surface area contributed by atoms with Gasteiger partial charge < -0.3 is 10.3 Å². The van der Waals surface area contributed by atoms with Crippen LogP contribution in [0, 0.1) is 5.82 Å². The van der Waals surface area contributed by atoms with Crippen molar-refractivity contribution in [3.05, 3.63) is 60.0 Å². The summed E-state index contributed by atoms with van der Waals surface area (Å²) < 4.78 is 39.0. The van der Waals surface area contributed by atoms with E-state index in [9.17, 15) is 12.8 Å². The summed E-state index contributed by atoms with van der Waals surface area (Å²) in [4.78, 5) is 3.16. The summed E-state index contributed by atoms with van der Waals surface area (Å²) in [5.74, 6) is -0.567. The van der Waals surface area contributed by atoms with Crippen molar-refractivity contribution >= 4 is 20.7 Å². The first-order valence-corrected chi connectivity index (χ1v) is 9.82. The second-order valence-electron chi connectivity index (χ2n) is 5.99. The fourth-order valence-corrected chi connectivity index (χ4v) is 4.28. The predicted molar refractivity (Wildman–Crippen MR) is 97.0 cm³/mol. The van der Waals surface area contributed by atoms with E-state index in [4.69, 9.17) is 0 Å². The van der Waals surface area contributed by atoms with Gasteiger partial charge in [0.25, 0.3) is 0 Å². The molecular weight excluding hydrogens is 339 g/mol. The normalized spacial score (nSPS) is 11.9. The third kappa shape index (κ3) is 3.75. The summed E-state index contributed by atoms with van der Waals surface area (Å²) in [6, 6.07) is 10.8. The zero-order valence-corrected chi connectivity index (χ0v) is 14.9. The zero-order chi connectivity index (χ0) is 17.9. The largest absolute Gasteiger partial charge is 0.360 e. The number of nitrogens with one attached hydrogen (secondary N) is 2. The van der Waals surface area contributed by atoms with E-state index in [1.54, 1.807) is 0 Å². The molecule has 0 saturated carbocycles. The summed E-state index contributed by atoms with van der Waals surface area (Å²) in [5.41, 5.74) is 1.90. The lowest BCUT2D eigenvalue weighted by Crippen LogP contribution is -2.17. The van der Waals surface area contributed by atoms with Gasteiger partial charge in [-0.3, -0.25) is 0 Å². The van der Waals surface area contributed by atoms with Crippen LogP contribution in [0.15, 0.2) is 58.5 Å². The van der Waals surface area contributed by atoms with E-state index in [2.05, 4.69) is 17.2 Å². The van der Waals surface area contributed by atoms with Gasteiger partial charge in [-0.15, -0.1) is 0 Å². The molecule has 1 heterocycles. The van der Waals surface area contributed by atoms with Crippen molar-refractivity contribution in [1.82, 2.24) is 10.3 Å². The van der Waals surface area contributed by atoms with Crippen LogP contribution in [0.4, 0.5) is 4.39 Å². The van der Waals surface area contributed by atoms with Crippen molar-refractivity contribution < 1.29 is 12.8 Å². The fraction of sp³-hybridized carbons (Fsp3) is 0.263. The van der Waals surface area contributed by atoms with E-state index in [-0.39, 0.29) is 9.79 Å². The number of aromatic nitrogens is 1. The minimum Gasteiger partial charge on any atom is -0.360 e. The van der Waals surface area contributed by atoms with E-state index >= 15 is 0 Å². The Labute approximate surface area is 147 Å². The molecule has 0 unspecified atom stereocenters. The molecule has 2 aromatic carbocycles. The molecule has 0 spiro atoms. The Morgan fingerprint density at radius 1 is 1.12 bits per heavy atom. The lowest BCUT2D eigenvalue weighted by atomic mass is 10.1. The molecule has 0 amide bonds. The van der Waals surface area contributed by atoms with Gasteiger partial charge in [-0.05, 0) is 55.8 Å². The molecule has 0 bridgehead atoms. The molecule has 3 aromatic rings. The van der Waals surface area contributed by atoms with E-state index in [1.165, 1.54) is 24.4 Å². The number of aromatic amines is 1. The van der Waals surface area contributed by atoms with E-state index in [0.29, 0.717) is 5.39 Å². The molecule has 0 aliphatic rings. The fourth-order valence-electron chi connectivity index (χ4n) is 2.82. The average Bonchev–Trinajstić information content (AvgIpc) is 3.03. The zero-order valence-electron chi connectivity index (χ0n) is 14.0. The highest BCUT2D eigenvalue weighted by atomic mass is 32.2. The van der Waals surface area contributed by atoms with Crippen LogP contribution in [0.1, 0.15) is 18.9 Å². The highest BCUT2D eigenvalue weighted by Crippen LogP contribution is 2.29. The average molecular weight is 360 g/mol. The van der Waals surface area contributed by atoms with Crippen LogP contribution in [-0.2, 0) is 16.3 Å². The Morgan fingerprint density at radius 2 is 1.96 bits per heavy atom. The minimum atomic E-state index is -3.77. The standard InChI is InChI=1S/C19H21FN2O2S/c1-2-9-21-10-8-14-6-7-17-18(11-14)22-13-19(17)25(23,24)16-5-3-4-15(20)12-16/h3-7,11-13,21-22H,2,8-10H2,1H3. The molecule has 1 aromatic heterocycles. The summed E-state index contributed by atoms with van der Waals surface area (Å²) in [6.45, 7) is 3.99. The predicted octanol–water partition coefficient (Wildman–Crippen LogP) is 3.68. The van der Waals surface area contributed by atoms with Crippen LogP contribution in [0.5, 0.6) is 0 Å². The molecule has 0 aliphatic carbocycles. The number of halogens is 1. The molecule has 3 rings (SSSR count). The van der Waals surface area contributed by atoms with Crippen molar-refractivity contribution in [1.29, 1.82) is 0 Å². The first kappa shape index (κ1) is 17.6. The van der Waals surface area contributed by atoms with Crippen molar-refractivity contribution in [3.63, 3.8) is 0 Å². The number of rotatable bonds is 7. The number of hydrogen-bond acceptors (Lipinski definition) is 3. The summed E-state index contributed by atoms with van der Waals surface area (Å²) in [7, 11) is -3.77. The van der Waals surface area contributed by atoms with E-state index in [0.717, 1.165) is 43.1 Å². The van der Waals surface area contributed by atoms with Gasteiger partial charge >= 0.3 is 0 Å². The third-order valence-electron chi connectivity index (χ3n) is 4.12. The Bertz CT molecular complexity index is 980. The van der Waals surface area contributed by atoms with Gasteiger partial charge in [0, 0.05) is 17.1 Å². The Balaban J connectivity index is 1.90. The number of sulfone groups is 1. The molecular formula is C19H21FN2O2S. The van der Waals surface area contributed by atoms with Crippen LogP contribution in [0.3, 0.4) is 0 Å². The monoisotopic (exact) mass is 360 g/mol. The van der Waals surface area contributed by atoms with Crippen LogP contribution in [0.25, 0.3) is 10.9 Å². The lowest BCUT2D eigenvalue weighted by Gasteiger charge is -2.05. The highest BCUT2D eigenvalue weighted by molar-refractivity contribution is 7.91. The molecule has 6 heteroatoms. The summed E-state index contributed by atoms with van der Waals surface area (Å²) in [6.07, 6.45) is 3.45. The van der Waals surface area contributed by atoms with Gasteiger partial charge in [0.2, 0.25) is 9.84 Å². The van der Waals surface area contributed by atoms with Crippen molar-refractivity contribution in [2.24, 2.45) is 0 Å². The van der Waals surface area contributed by atoms with Gasteiger partial charge in [0.1, 0.15) is 5.82 Å². The molecule has 25 heavy (non-hydrogen) atoms. The maximum Gasteiger partial charge on any atom is 0.208 e. The van der Waals surface area contributed by atoms with Gasteiger partial charge in [0.05, 0.1) is 9.79 Å². The van der Waals surface area contributed by atoms with Crippen molar-refractivity contribution in [2.75, 3.05) is 13.1 Å². The maximum atomic E-state index is 13.4. The van der Waals surface area contributed by atoms with E-state index < -0.39 is 15.7 Å². The highest BCUT2D eigenvalue weighted by Gasteiger charge is 2.22. The lowest BCUT2D eigenvalue weighted by molar-refractivity contribution is 0.591. The SMILES string of the molecule is CCCNCCc1ccc2c(S(=O)(=O)c3cccc(F)c3)c[nH]c2c1. The second kappa shape index (κ2) is 7.37. The van der Waals surface area contributed by atoms with Crippen LogP contribution in [0.2, 0.25) is 0 Å². The number of hydrogen-bond donors (Lipinski definition) is 2. The number of fused-ring (bicyclic) bond motifs is 1. The molecule has 0 atom stereocenters. The van der Waals surface area contributed by atoms with Crippen molar-refractivity contribution in [3.8, 4) is 0 Å². The summed E-state index contributed by atoms with van der Waals surface area (Å²) in [5, 5.41) is 3.97. The second-order valence-corrected chi connectivity index (χ2v) is 7.91. The summed E-state index contributed by atoms with van der Waals surface area (Å²) >= 11 is 0. The molecule has 132 valence electrons. The van der Waals surface area contributed by atoms with Crippen LogP contribution in [-0.4, -0.2) is 26.5 Å². The maximum absolute atomic E-state index is 13.4. The Morgan fingerprint density at radius 3 is 2.72 bits per heavy atom. The van der Waals surface area contributed by atoms with E-state index in [1.807, 2.05) is 18.2 Å². The quantitative estimate of drug-likeness (QED) is 0.632. The van der Waals surface area contributed by atoms with Crippen molar-refractivity contribution in [2.45, 2.75) is 29.6 Å². The molecule has 0 fully saturated rings. The Kier molecular flexibility index (Phi) is 5.20. The smallest absolute Gasteiger partial charge is 0.208 e. The number of benzene rings is 2. The molecule has 2 N–H and O–H groups in total. The van der Waals surface area contributed by atoms with Gasteiger partial charge in [0.15, 0.2) is 0 Å². The Hall–Kier alpha value is -2.18.